The summed E-state index contributed by atoms with van der Waals surface area (Å²) in [6.45, 7) is 1.02. The van der Waals surface area contributed by atoms with Crippen LogP contribution in [0, 0.1) is 5.92 Å². The zero-order valence-electron chi connectivity index (χ0n) is 18.9. The molecule has 1 heterocycles. The second kappa shape index (κ2) is 11.2. The second-order valence-corrected chi connectivity index (χ2v) is 9.86. The molecular formula is C26H29Cl2N3O3. The van der Waals surface area contributed by atoms with Gasteiger partial charge >= 0.3 is 0 Å². The summed E-state index contributed by atoms with van der Waals surface area (Å²) in [5, 5.41) is 7.07. The zero-order chi connectivity index (χ0) is 24.1. The number of nitrogens with one attached hydrogen (secondary N) is 2. The first-order valence-corrected chi connectivity index (χ1v) is 12.6. The van der Waals surface area contributed by atoms with Gasteiger partial charge in [-0.2, -0.15) is 0 Å². The molecule has 180 valence electrons. The number of hydrogen-bond donors (Lipinski definition) is 2. The molecular weight excluding hydrogens is 473 g/mol. The fraction of sp³-hybridized carbons (Fsp3) is 0.423. The largest absolute Gasteiger partial charge is 0.351 e. The maximum atomic E-state index is 13.0. The summed E-state index contributed by atoms with van der Waals surface area (Å²) in [6.07, 6.45) is 4.96. The van der Waals surface area contributed by atoms with Crippen molar-refractivity contribution < 1.29 is 14.4 Å². The minimum atomic E-state index is -0.148. The quantitative estimate of drug-likeness (QED) is 0.622. The Balaban J connectivity index is 1.30. The van der Waals surface area contributed by atoms with Crippen molar-refractivity contribution in [2.75, 3.05) is 13.1 Å². The van der Waals surface area contributed by atoms with E-state index in [-0.39, 0.29) is 35.7 Å². The normalized spacial score (nSPS) is 21.1. The van der Waals surface area contributed by atoms with E-state index in [2.05, 4.69) is 10.6 Å². The van der Waals surface area contributed by atoms with Gasteiger partial charge in [-0.3, -0.25) is 14.4 Å². The smallest absolute Gasteiger partial charge is 0.253 e. The number of likely N-dealkylation sites (tertiary alicyclic amines) is 1. The number of piperidine rings is 1. The third kappa shape index (κ3) is 5.91. The van der Waals surface area contributed by atoms with Crippen molar-refractivity contribution in [1.29, 1.82) is 0 Å². The van der Waals surface area contributed by atoms with Gasteiger partial charge in [0.05, 0.1) is 10.0 Å². The molecule has 3 amide bonds. The van der Waals surface area contributed by atoms with Crippen LogP contribution >= 0.6 is 23.2 Å². The number of hydrogen-bond acceptors (Lipinski definition) is 3. The van der Waals surface area contributed by atoms with E-state index in [4.69, 9.17) is 23.2 Å². The summed E-state index contributed by atoms with van der Waals surface area (Å²) in [6, 6.07) is 13.9. The first-order valence-electron chi connectivity index (χ1n) is 11.8. The first kappa shape index (κ1) is 24.6. The number of amides is 3. The molecule has 1 aliphatic carbocycles. The predicted molar refractivity (Wildman–Crippen MR) is 133 cm³/mol. The lowest BCUT2D eigenvalue weighted by atomic mass is 9.88. The number of carbonyl (C=O) groups is 3. The predicted octanol–water partition coefficient (Wildman–Crippen LogP) is 4.70. The van der Waals surface area contributed by atoms with Crippen molar-refractivity contribution in [2.45, 2.75) is 50.6 Å². The maximum absolute atomic E-state index is 13.0. The summed E-state index contributed by atoms with van der Waals surface area (Å²) in [5.41, 5.74) is 1.12. The standard InChI is InChI=1S/C26H29Cl2N3O3/c27-20-11-10-19(16-21(20)28)26(34)31-14-12-18(13-15-31)25(33)30-23-9-5-4-8-22(23)29-24(32)17-6-2-1-3-7-17/h1-3,6-7,10-11,16,18,22-23H,4-5,8-9,12-15H2,(H,29,32)(H,30,33)/t22-,23-/m1/s1. The fourth-order valence-electron chi connectivity index (χ4n) is 4.77. The number of rotatable bonds is 5. The highest BCUT2D eigenvalue weighted by Crippen LogP contribution is 2.26. The van der Waals surface area contributed by atoms with Gasteiger partial charge < -0.3 is 15.5 Å². The number of benzene rings is 2. The summed E-state index contributed by atoms with van der Waals surface area (Å²) < 4.78 is 0. The Morgan fingerprint density at radius 3 is 2.06 bits per heavy atom. The van der Waals surface area contributed by atoms with Gasteiger partial charge in [0, 0.05) is 42.2 Å². The molecule has 0 unspecified atom stereocenters. The zero-order valence-corrected chi connectivity index (χ0v) is 20.4. The van der Waals surface area contributed by atoms with Crippen LogP contribution in [-0.4, -0.2) is 47.8 Å². The van der Waals surface area contributed by atoms with Crippen LogP contribution in [0.25, 0.3) is 0 Å². The first-order chi connectivity index (χ1) is 16.4. The van der Waals surface area contributed by atoms with E-state index in [1.165, 1.54) is 0 Å². The van der Waals surface area contributed by atoms with Crippen LogP contribution in [-0.2, 0) is 4.79 Å². The van der Waals surface area contributed by atoms with Gasteiger partial charge in [0.15, 0.2) is 0 Å². The minimum Gasteiger partial charge on any atom is -0.351 e. The van der Waals surface area contributed by atoms with Crippen LogP contribution in [0.3, 0.4) is 0 Å². The van der Waals surface area contributed by atoms with Crippen LogP contribution in [0.15, 0.2) is 48.5 Å². The van der Waals surface area contributed by atoms with Crippen LogP contribution in [0.5, 0.6) is 0 Å². The molecule has 2 fully saturated rings. The SMILES string of the molecule is O=C(N[C@@H]1CCCC[C@H]1NC(=O)C1CCN(C(=O)c2ccc(Cl)c(Cl)c2)CC1)c1ccccc1. The van der Waals surface area contributed by atoms with E-state index in [0.29, 0.717) is 47.1 Å². The number of halogens is 2. The number of carbonyl (C=O) groups excluding carboxylic acids is 3. The lowest BCUT2D eigenvalue weighted by Crippen LogP contribution is -2.55. The fourth-order valence-corrected chi connectivity index (χ4v) is 5.07. The molecule has 1 aliphatic heterocycles. The molecule has 0 aromatic heterocycles. The Morgan fingerprint density at radius 2 is 1.41 bits per heavy atom. The molecule has 0 spiro atoms. The van der Waals surface area contributed by atoms with Crippen LogP contribution in [0.1, 0.15) is 59.2 Å². The molecule has 1 saturated carbocycles. The molecule has 4 rings (SSSR count). The molecule has 8 heteroatoms. The van der Waals surface area contributed by atoms with Crippen molar-refractivity contribution in [1.82, 2.24) is 15.5 Å². The second-order valence-electron chi connectivity index (χ2n) is 9.04. The van der Waals surface area contributed by atoms with E-state index < -0.39 is 0 Å². The van der Waals surface area contributed by atoms with Crippen molar-refractivity contribution in [3.8, 4) is 0 Å². The van der Waals surface area contributed by atoms with Crippen LogP contribution in [0.2, 0.25) is 10.0 Å². The van der Waals surface area contributed by atoms with Gasteiger partial charge in [0.2, 0.25) is 5.91 Å². The molecule has 2 N–H and O–H groups in total. The van der Waals surface area contributed by atoms with Gasteiger partial charge in [-0.1, -0.05) is 54.2 Å². The summed E-state index contributed by atoms with van der Waals surface area (Å²) in [7, 11) is 0. The molecule has 6 nitrogen and oxygen atoms in total. The average molecular weight is 502 g/mol. The number of nitrogens with zero attached hydrogens (tertiary/aromatic N) is 1. The Kier molecular flexibility index (Phi) is 8.11. The molecule has 0 radical (unpaired) electrons. The molecule has 0 bridgehead atoms. The lowest BCUT2D eigenvalue weighted by molar-refractivity contribution is -0.127. The van der Waals surface area contributed by atoms with E-state index in [1.807, 2.05) is 18.2 Å². The van der Waals surface area contributed by atoms with Gasteiger partial charge in [0.1, 0.15) is 0 Å². The monoisotopic (exact) mass is 501 g/mol. The summed E-state index contributed by atoms with van der Waals surface area (Å²) in [5.74, 6) is -0.355. The van der Waals surface area contributed by atoms with Gasteiger partial charge in [-0.25, -0.2) is 0 Å². The van der Waals surface area contributed by atoms with E-state index in [0.717, 1.165) is 25.7 Å². The minimum absolute atomic E-state index is 0.00694. The highest BCUT2D eigenvalue weighted by molar-refractivity contribution is 6.42. The molecule has 2 aromatic carbocycles. The Morgan fingerprint density at radius 1 is 0.765 bits per heavy atom. The third-order valence-corrected chi connectivity index (χ3v) is 7.50. The van der Waals surface area contributed by atoms with Crippen molar-refractivity contribution >= 4 is 40.9 Å². The van der Waals surface area contributed by atoms with Gasteiger partial charge in [-0.15, -0.1) is 0 Å². The highest BCUT2D eigenvalue weighted by atomic mass is 35.5. The summed E-state index contributed by atoms with van der Waals surface area (Å²) >= 11 is 12.0. The average Bonchev–Trinajstić information content (AvgIpc) is 2.87. The van der Waals surface area contributed by atoms with Gasteiger partial charge in [-0.05, 0) is 56.0 Å². The van der Waals surface area contributed by atoms with Crippen molar-refractivity contribution in [2.24, 2.45) is 5.92 Å². The van der Waals surface area contributed by atoms with Gasteiger partial charge in [0.25, 0.3) is 11.8 Å². The van der Waals surface area contributed by atoms with E-state index >= 15 is 0 Å². The lowest BCUT2D eigenvalue weighted by Gasteiger charge is -2.36. The molecule has 2 aliphatic rings. The van der Waals surface area contributed by atoms with Crippen molar-refractivity contribution in [3.05, 3.63) is 69.7 Å². The van der Waals surface area contributed by atoms with Crippen LogP contribution < -0.4 is 10.6 Å². The van der Waals surface area contributed by atoms with E-state index in [1.54, 1.807) is 35.2 Å². The Hall–Kier alpha value is -2.57. The topological polar surface area (TPSA) is 78.5 Å². The van der Waals surface area contributed by atoms with Crippen LogP contribution in [0.4, 0.5) is 0 Å². The van der Waals surface area contributed by atoms with Crippen molar-refractivity contribution in [3.63, 3.8) is 0 Å². The van der Waals surface area contributed by atoms with E-state index in [9.17, 15) is 14.4 Å². The molecule has 1 saturated heterocycles. The Labute approximate surface area is 210 Å². The molecule has 34 heavy (non-hydrogen) atoms. The third-order valence-electron chi connectivity index (χ3n) is 6.77. The maximum Gasteiger partial charge on any atom is 0.253 e. The Bertz CT molecular complexity index is 1040. The highest BCUT2D eigenvalue weighted by Gasteiger charge is 2.32. The summed E-state index contributed by atoms with van der Waals surface area (Å²) in [4.78, 5) is 40.2. The molecule has 2 aromatic rings. The molecule has 2 atom stereocenters.